The molecule has 3 aromatic rings. The first-order chi connectivity index (χ1) is 9.60. The molecule has 0 saturated carbocycles. The van der Waals surface area contributed by atoms with Crippen LogP contribution in [0, 0.1) is 18.3 Å². The lowest BCUT2D eigenvalue weighted by Crippen LogP contribution is -1.93. The van der Waals surface area contributed by atoms with Crippen LogP contribution in [-0.4, -0.2) is 9.55 Å². The molecule has 0 aliphatic heterocycles. The molecule has 98 valence electrons. The number of fused-ring (bicyclic) bond motifs is 1. The van der Waals surface area contributed by atoms with E-state index in [1.165, 1.54) is 5.56 Å². The molecule has 0 saturated heterocycles. The predicted molar refractivity (Wildman–Crippen MR) is 83.3 cm³/mol. The lowest BCUT2D eigenvalue weighted by Gasteiger charge is -2.06. The number of imidazole rings is 1. The number of nitrogens with zero attached hydrogens (tertiary/aromatic N) is 3. The Kier molecular flexibility index (Phi) is 3.07. The minimum absolute atomic E-state index is 0.630. The summed E-state index contributed by atoms with van der Waals surface area (Å²) in [6, 6.07) is 13.9. The van der Waals surface area contributed by atoms with E-state index in [9.17, 15) is 0 Å². The molecule has 3 nitrogen and oxygen atoms in total. The molecule has 1 heterocycles. The van der Waals surface area contributed by atoms with E-state index in [0.717, 1.165) is 26.9 Å². The zero-order chi connectivity index (χ0) is 14.3. The summed E-state index contributed by atoms with van der Waals surface area (Å²) in [5.74, 6) is 0.894. The van der Waals surface area contributed by atoms with E-state index in [1.807, 2.05) is 31.3 Å². The first-order valence-electron chi connectivity index (χ1n) is 6.23. The van der Waals surface area contributed by atoms with Gasteiger partial charge in [-0.15, -0.1) is 0 Å². The van der Waals surface area contributed by atoms with E-state index in [-0.39, 0.29) is 0 Å². The zero-order valence-electron chi connectivity index (χ0n) is 11.2. The van der Waals surface area contributed by atoms with E-state index in [0.29, 0.717) is 5.56 Å². The van der Waals surface area contributed by atoms with Crippen molar-refractivity contribution >= 4 is 27.0 Å². The molecule has 0 spiro atoms. The van der Waals surface area contributed by atoms with Crippen LogP contribution in [0.4, 0.5) is 0 Å². The minimum atomic E-state index is 0.630. The molecule has 0 bridgehead atoms. The quantitative estimate of drug-likeness (QED) is 0.673. The number of halogens is 1. The molecule has 3 rings (SSSR count). The van der Waals surface area contributed by atoms with Gasteiger partial charge in [-0.3, -0.25) is 0 Å². The van der Waals surface area contributed by atoms with Crippen molar-refractivity contribution < 1.29 is 0 Å². The Morgan fingerprint density at radius 2 is 2.00 bits per heavy atom. The Morgan fingerprint density at radius 1 is 1.20 bits per heavy atom. The van der Waals surface area contributed by atoms with Crippen LogP contribution in [0.5, 0.6) is 0 Å². The van der Waals surface area contributed by atoms with Crippen LogP contribution in [0.3, 0.4) is 0 Å². The third kappa shape index (κ3) is 2.00. The highest BCUT2D eigenvalue weighted by atomic mass is 79.9. The van der Waals surface area contributed by atoms with Gasteiger partial charge in [0.25, 0.3) is 0 Å². The van der Waals surface area contributed by atoms with E-state index in [4.69, 9.17) is 5.26 Å². The van der Waals surface area contributed by atoms with Crippen molar-refractivity contribution in [2.45, 2.75) is 6.92 Å². The molecule has 0 amide bonds. The van der Waals surface area contributed by atoms with Gasteiger partial charge in [-0.1, -0.05) is 27.6 Å². The summed E-state index contributed by atoms with van der Waals surface area (Å²) in [5.41, 5.74) is 4.74. The largest absolute Gasteiger partial charge is 0.327 e. The summed E-state index contributed by atoms with van der Waals surface area (Å²) in [5, 5.41) is 8.98. The summed E-state index contributed by atoms with van der Waals surface area (Å²) in [4.78, 5) is 4.67. The molecule has 4 heteroatoms. The number of hydrogen-bond acceptors (Lipinski definition) is 2. The van der Waals surface area contributed by atoms with Gasteiger partial charge < -0.3 is 4.57 Å². The molecular weight excluding hydrogens is 314 g/mol. The third-order valence-electron chi connectivity index (χ3n) is 3.37. The van der Waals surface area contributed by atoms with Gasteiger partial charge >= 0.3 is 0 Å². The second kappa shape index (κ2) is 4.77. The van der Waals surface area contributed by atoms with E-state index in [2.05, 4.69) is 50.6 Å². The summed E-state index contributed by atoms with van der Waals surface area (Å²) in [6.07, 6.45) is 0. The molecule has 0 N–H and O–H groups in total. The van der Waals surface area contributed by atoms with Crippen molar-refractivity contribution in [1.82, 2.24) is 9.55 Å². The first kappa shape index (κ1) is 12.9. The summed E-state index contributed by atoms with van der Waals surface area (Å²) >= 11 is 3.58. The molecule has 0 fully saturated rings. The monoisotopic (exact) mass is 325 g/mol. The lowest BCUT2D eigenvalue weighted by atomic mass is 10.1. The Labute approximate surface area is 125 Å². The third-order valence-corrected chi connectivity index (χ3v) is 4.06. The van der Waals surface area contributed by atoms with Crippen LogP contribution in [0.1, 0.15) is 11.1 Å². The van der Waals surface area contributed by atoms with Crippen LogP contribution in [0.25, 0.3) is 22.4 Å². The number of aryl methyl sites for hydroxylation is 2. The Balaban J connectivity index is 2.29. The molecule has 0 atom stereocenters. The van der Waals surface area contributed by atoms with Crippen LogP contribution < -0.4 is 0 Å². The average Bonchev–Trinajstić information content (AvgIpc) is 2.78. The first-order valence-corrected chi connectivity index (χ1v) is 7.02. The van der Waals surface area contributed by atoms with Crippen LogP contribution in [-0.2, 0) is 7.05 Å². The van der Waals surface area contributed by atoms with Crippen LogP contribution in [0.15, 0.2) is 40.9 Å². The maximum atomic E-state index is 8.98. The van der Waals surface area contributed by atoms with Crippen LogP contribution >= 0.6 is 15.9 Å². The summed E-state index contributed by atoms with van der Waals surface area (Å²) < 4.78 is 3.07. The zero-order valence-corrected chi connectivity index (χ0v) is 12.8. The normalized spacial score (nSPS) is 10.7. The minimum Gasteiger partial charge on any atom is -0.327 e. The lowest BCUT2D eigenvalue weighted by molar-refractivity contribution is 0.958. The molecule has 0 aliphatic carbocycles. The molecule has 0 radical (unpaired) electrons. The predicted octanol–water partition coefficient (Wildman–Crippen LogP) is 4.18. The van der Waals surface area contributed by atoms with E-state index in [1.54, 1.807) is 0 Å². The smallest absolute Gasteiger partial charge is 0.142 e. The van der Waals surface area contributed by atoms with Crippen molar-refractivity contribution in [2.24, 2.45) is 7.05 Å². The number of hydrogen-bond donors (Lipinski definition) is 0. The SMILES string of the molecule is Cc1ccc(Br)c(-c2nc3cc(C#N)ccc3n2C)c1. The molecule has 20 heavy (non-hydrogen) atoms. The van der Waals surface area contributed by atoms with Gasteiger partial charge in [-0.05, 0) is 37.3 Å². The maximum absolute atomic E-state index is 8.98. The Bertz CT molecular complexity index is 856. The van der Waals surface area contributed by atoms with Crippen molar-refractivity contribution in [2.75, 3.05) is 0 Å². The van der Waals surface area contributed by atoms with Gasteiger partial charge in [0.2, 0.25) is 0 Å². The van der Waals surface area contributed by atoms with Gasteiger partial charge in [-0.25, -0.2) is 4.98 Å². The molecule has 2 aromatic carbocycles. The average molecular weight is 326 g/mol. The summed E-state index contributed by atoms with van der Waals surface area (Å²) in [6.45, 7) is 2.06. The fraction of sp³-hybridized carbons (Fsp3) is 0.125. The van der Waals surface area contributed by atoms with Gasteiger partial charge in [0, 0.05) is 17.1 Å². The molecule has 0 unspecified atom stereocenters. The summed E-state index contributed by atoms with van der Waals surface area (Å²) in [7, 11) is 1.99. The van der Waals surface area contributed by atoms with Gasteiger partial charge in [-0.2, -0.15) is 5.26 Å². The standard InChI is InChI=1S/C16H12BrN3/c1-10-3-5-13(17)12(7-10)16-19-14-8-11(9-18)4-6-15(14)20(16)2/h3-8H,1-2H3. The van der Waals surface area contributed by atoms with Gasteiger partial charge in [0.05, 0.1) is 22.7 Å². The maximum Gasteiger partial charge on any atom is 0.142 e. The second-order valence-electron chi connectivity index (χ2n) is 4.79. The fourth-order valence-corrected chi connectivity index (χ4v) is 2.74. The van der Waals surface area contributed by atoms with Crippen molar-refractivity contribution in [3.05, 3.63) is 52.0 Å². The van der Waals surface area contributed by atoms with E-state index < -0.39 is 0 Å². The Hall–Kier alpha value is -2.12. The molecule has 1 aromatic heterocycles. The van der Waals surface area contributed by atoms with Crippen molar-refractivity contribution in [3.63, 3.8) is 0 Å². The fourth-order valence-electron chi connectivity index (χ4n) is 2.32. The Morgan fingerprint density at radius 3 is 2.75 bits per heavy atom. The van der Waals surface area contributed by atoms with Crippen molar-refractivity contribution in [3.8, 4) is 17.5 Å². The van der Waals surface area contributed by atoms with Gasteiger partial charge in [0.15, 0.2) is 0 Å². The highest BCUT2D eigenvalue weighted by molar-refractivity contribution is 9.10. The number of rotatable bonds is 1. The number of benzene rings is 2. The second-order valence-corrected chi connectivity index (χ2v) is 5.65. The highest BCUT2D eigenvalue weighted by Crippen LogP contribution is 2.30. The highest BCUT2D eigenvalue weighted by Gasteiger charge is 2.13. The molecule has 0 aliphatic rings. The molecular formula is C16H12BrN3. The van der Waals surface area contributed by atoms with Gasteiger partial charge in [0.1, 0.15) is 5.82 Å². The van der Waals surface area contributed by atoms with Crippen LogP contribution in [0.2, 0.25) is 0 Å². The van der Waals surface area contributed by atoms with Crippen molar-refractivity contribution in [1.29, 1.82) is 5.26 Å². The topological polar surface area (TPSA) is 41.6 Å². The van der Waals surface area contributed by atoms with E-state index >= 15 is 0 Å². The number of aromatic nitrogens is 2. The number of nitriles is 1.